The zero-order chi connectivity index (χ0) is 92.0. The van der Waals surface area contributed by atoms with Gasteiger partial charge in [-0.15, -0.1) is 0 Å². The van der Waals surface area contributed by atoms with Gasteiger partial charge >= 0.3 is 30.1 Å². The molecule has 6 amide bonds. The average molecular weight is 1770 g/mol. The first-order valence-corrected chi connectivity index (χ1v) is 39.8. The minimum Gasteiger partial charge on any atom is -0.467 e. The monoisotopic (exact) mass is 1770 g/mol. The van der Waals surface area contributed by atoms with Crippen molar-refractivity contribution in [3.05, 3.63) is 163 Å². The van der Waals surface area contributed by atoms with Crippen molar-refractivity contribution in [2.24, 2.45) is 21.7 Å². The van der Waals surface area contributed by atoms with Gasteiger partial charge < -0.3 is 70.3 Å². The van der Waals surface area contributed by atoms with Crippen molar-refractivity contribution in [2.75, 3.05) is 86.5 Å². The Morgan fingerprint density at radius 1 is 0.400 bits per heavy atom. The number of rotatable bonds is 14. The van der Waals surface area contributed by atoms with Crippen molar-refractivity contribution in [1.29, 1.82) is 0 Å². The Hall–Kier alpha value is -11.1. The number of esters is 1. The second-order valence-corrected chi connectivity index (χ2v) is 34.4. The smallest absolute Gasteiger partial charge is 0.343 e. The summed E-state index contributed by atoms with van der Waals surface area (Å²) in [6, 6.07) is -1.48. The molecular formula is C84H99F12N15O14. The minimum atomic E-state index is -1.34. The summed E-state index contributed by atoms with van der Waals surface area (Å²) in [5.41, 5.74) is 0.0229. The number of benzene rings is 4. The third-order valence-electron chi connectivity index (χ3n) is 21.2. The molecule has 4 atom stereocenters. The Labute approximate surface area is 710 Å². The van der Waals surface area contributed by atoms with Gasteiger partial charge in [0.25, 0.3) is 0 Å². The van der Waals surface area contributed by atoms with Crippen molar-refractivity contribution in [3.63, 3.8) is 0 Å². The van der Waals surface area contributed by atoms with Crippen LogP contribution < -0.4 is 26.6 Å². The minimum absolute atomic E-state index is 0.00366. The average Bonchev–Trinajstić information content (AvgIpc) is 1.63. The van der Waals surface area contributed by atoms with E-state index in [0.717, 1.165) is 43.9 Å². The van der Waals surface area contributed by atoms with Gasteiger partial charge in [0.1, 0.15) is 64.2 Å². The van der Waals surface area contributed by atoms with Crippen LogP contribution in [0.2, 0.25) is 0 Å². The van der Waals surface area contributed by atoms with Crippen molar-refractivity contribution < 1.29 is 120 Å². The summed E-state index contributed by atoms with van der Waals surface area (Å²) >= 11 is 0. The Balaban J connectivity index is 0.000000175. The van der Waals surface area contributed by atoms with Gasteiger partial charge in [0.2, 0.25) is 11.8 Å². The van der Waals surface area contributed by atoms with Gasteiger partial charge in [-0.3, -0.25) is 9.59 Å². The standard InChI is InChI=1S/C24H30F3N5O3.C21H25F3N4O4.C20H22F3N3O4.C19H22F3N3O3/c1-24(2,3)21(22(33)31-8-6-30(4)7-9-31)28-23(34)32-19-5-10-35-13-15(19)20(29-32)14-11-17(26)18(27)12-16(14)25;1-21(2,3)18(19(30)25-5-6-29)26-20(31)28-16-4-7-32-10-12(16)17(27-28)11-8-14(23)15(24)9-13(11)22;1-20(2,3)17(18(27)29-4)24-19(28)26-15-5-6-30-9-11(15)16(25-26)10-7-13(22)14(23)8-12(10)21;1-19(2,3)16(8-26)23-18(27)25-15-4-5-28-9-11(15)17(24-25)10-6-13(21)14(22)7-12(10)20/h11-12,21H,5-10,13H2,1-4H3,(H,28,34);8-9,18,29H,4-7,10H2,1-3H3,(H,25,30)(H,26,31);7-8,17H,5-6,9H2,1-4H3,(H,24,28);6-7,16,26H,4-5,8-9H2,1-3H3,(H,23,27)/t21-;18-;17-;16-/m1111/s1. The predicted molar refractivity (Wildman–Crippen MR) is 426 cm³/mol. The van der Waals surface area contributed by atoms with E-state index in [0.29, 0.717) is 134 Å². The SMILES string of the molecule is CC(C)(C)[C@@H](CO)NC(=O)n1nc(-c2cc(F)c(F)cc2F)c2c1CCOC2.CC(C)(C)[C@H](NC(=O)n1nc(-c2cc(F)c(F)cc2F)c2c1CCOC2)C(=O)NCCO.CN1CCN(C(=O)[C@@H](NC(=O)n2nc(-c3cc(F)c(F)cc3F)c3c2CCOC3)C(C)(C)C)CC1.COC(=O)[C@@H](NC(=O)n1nc(-c2cc(F)c(F)cc2F)c2c1CCOC2)C(C)(C)C. The molecule has 4 aromatic heterocycles. The number of aromatic nitrogens is 8. The number of nitrogens with zero attached hydrogens (tertiary/aromatic N) is 10. The van der Waals surface area contributed by atoms with Crippen molar-refractivity contribution in [1.82, 2.24) is 75.5 Å². The number of likely N-dealkylation sites (N-methyl/N-ethyl adjacent to an activating group) is 1. The van der Waals surface area contributed by atoms with Gasteiger partial charge in [0, 0.05) is 127 Å². The zero-order valence-corrected chi connectivity index (χ0v) is 71.2. The summed E-state index contributed by atoms with van der Waals surface area (Å²) in [5, 5.41) is 48.6. The van der Waals surface area contributed by atoms with Crippen LogP contribution in [0.4, 0.5) is 71.9 Å². The summed E-state index contributed by atoms with van der Waals surface area (Å²) in [4.78, 5) is 94.2. The highest BCUT2D eigenvalue weighted by Crippen LogP contribution is 2.39. The van der Waals surface area contributed by atoms with Gasteiger partial charge in [-0.1, -0.05) is 83.1 Å². The maximum absolute atomic E-state index is 14.6. The van der Waals surface area contributed by atoms with Gasteiger partial charge in [0.05, 0.1) is 102 Å². The fraction of sp³-hybridized carbons (Fsp3) is 0.488. The molecule has 0 saturated carbocycles. The Morgan fingerprint density at radius 2 is 0.680 bits per heavy atom. The van der Waals surface area contributed by atoms with Crippen LogP contribution in [0, 0.1) is 91.5 Å². The number of fused-ring (bicyclic) bond motifs is 4. The van der Waals surface area contributed by atoms with E-state index in [2.05, 4.69) is 51.9 Å². The van der Waals surface area contributed by atoms with E-state index in [1.165, 1.54) is 7.11 Å². The molecular weight excluding hydrogens is 1670 g/mol. The van der Waals surface area contributed by atoms with Crippen LogP contribution in [0.1, 0.15) is 128 Å². The number of carbonyl (C=O) groups excluding carboxylic acids is 7. The normalized spacial score (nSPS) is 15.7. The molecule has 9 heterocycles. The topological polar surface area (TPSA) is 344 Å². The van der Waals surface area contributed by atoms with Gasteiger partial charge in [-0.25, -0.2) is 76.7 Å². The molecule has 29 nitrogen and oxygen atoms in total. The number of aliphatic hydroxyl groups is 2. The third-order valence-corrected chi connectivity index (χ3v) is 21.2. The number of piperazine rings is 1. The number of aliphatic hydroxyl groups excluding tert-OH is 2. The first-order chi connectivity index (χ1) is 58.7. The summed E-state index contributed by atoms with van der Waals surface area (Å²) in [6.45, 7) is 25.2. The van der Waals surface area contributed by atoms with E-state index in [4.69, 9.17) is 28.8 Å². The Morgan fingerprint density at radius 3 is 0.952 bits per heavy atom. The molecule has 125 heavy (non-hydrogen) atoms. The summed E-state index contributed by atoms with van der Waals surface area (Å²) in [6.07, 6.45) is 1.23. The van der Waals surface area contributed by atoms with Crippen LogP contribution >= 0.6 is 0 Å². The molecule has 0 spiro atoms. The molecule has 0 radical (unpaired) electrons. The van der Waals surface area contributed by atoms with Crippen LogP contribution in [0.5, 0.6) is 0 Å². The summed E-state index contributed by atoms with van der Waals surface area (Å²) in [5.74, 6) is -15.6. The maximum atomic E-state index is 14.6. The molecule has 13 rings (SSSR count). The van der Waals surface area contributed by atoms with Crippen LogP contribution in [0.3, 0.4) is 0 Å². The number of hydrogen-bond acceptors (Lipinski definition) is 19. The molecule has 0 unspecified atom stereocenters. The number of amides is 6. The number of ether oxygens (including phenoxy) is 5. The second-order valence-electron chi connectivity index (χ2n) is 34.4. The fourth-order valence-corrected chi connectivity index (χ4v) is 14.2. The second kappa shape index (κ2) is 39.6. The van der Waals surface area contributed by atoms with Gasteiger partial charge in [0.15, 0.2) is 46.5 Å². The highest BCUT2D eigenvalue weighted by molar-refractivity contribution is 5.91. The van der Waals surface area contributed by atoms with Crippen molar-refractivity contribution >= 4 is 41.9 Å². The van der Waals surface area contributed by atoms with Gasteiger partial charge in [-0.2, -0.15) is 39.1 Å². The van der Waals surface area contributed by atoms with Gasteiger partial charge in [-0.05, 0) is 53.0 Å². The van der Waals surface area contributed by atoms with Crippen LogP contribution in [-0.2, 0) is 90.2 Å². The Kier molecular flexibility index (Phi) is 30.5. The lowest BCUT2D eigenvalue weighted by Crippen LogP contribution is -2.58. The predicted octanol–water partition coefficient (Wildman–Crippen LogP) is 11.1. The molecule has 4 aromatic carbocycles. The van der Waals surface area contributed by atoms with E-state index >= 15 is 0 Å². The largest absolute Gasteiger partial charge is 0.467 e. The lowest BCUT2D eigenvalue weighted by Gasteiger charge is -2.38. The van der Waals surface area contributed by atoms with Crippen molar-refractivity contribution in [2.45, 2.75) is 159 Å². The number of methoxy groups -OCH3 is 1. The molecule has 0 bridgehead atoms. The van der Waals surface area contributed by atoms with E-state index in [1.54, 1.807) is 46.4 Å². The van der Waals surface area contributed by atoms with Crippen LogP contribution in [0.25, 0.3) is 45.0 Å². The summed E-state index contributed by atoms with van der Waals surface area (Å²) < 4.78 is 197. The first kappa shape index (κ1) is 96.1. The van der Waals surface area contributed by atoms with E-state index in [1.807, 2.05) is 48.6 Å². The highest BCUT2D eigenvalue weighted by atomic mass is 19.2. The number of carbonyl (C=O) groups is 7. The quantitative estimate of drug-likeness (QED) is 0.0302. The number of halogens is 12. The number of hydrogen-bond donors (Lipinski definition) is 7. The zero-order valence-electron chi connectivity index (χ0n) is 71.2. The molecule has 678 valence electrons. The van der Waals surface area contributed by atoms with E-state index in [-0.39, 0.29) is 110 Å². The highest BCUT2D eigenvalue weighted by Gasteiger charge is 2.42. The molecule has 41 heteroatoms. The number of nitrogens with one attached hydrogen (secondary N) is 5. The third kappa shape index (κ3) is 22.1. The fourth-order valence-electron chi connectivity index (χ4n) is 14.2. The van der Waals surface area contributed by atoms with E-state index in [9.17, 15) is 91.4 Å². The molecule has 1 saturated heterocycles. The molecule has 8 aromatic rings. The molecule has 1 fully saturated rings. The lowest BCUT2D eigenvalue weighted by molar-refractivity contribution is -0.145. The Bertz CT molecular complexity index is 5370. The van der Waals surface area contributed by atoms with Crippen molar-refractivity contribution in [3.8, 4) is 45.0 Å². The van der Waals surface area contributed by atoms with E-state index < -0.39 is 152 Å². The van der Waals surface area contributed by atoms with Crippen LogP contribution in [0.15, 0.2) is 48.5 Å². The maximum Gasteiger partial charge on any atom is 0.343 e. The molecule has 5 aliphatic heterocycles. The first-order valence-electron chi connectivity index (χ1n) is 39.8. The molecule has 0 aliphatic carbocycles. The molecule has 7 N–H and O–H groups in total. The van der Waals surface area contributed by atoms with Crippen LogP contribution in [-0.4, -0.2) is 212 Å². The summed E-state index contributed by atoms with van der Waals surface area (Å²) in [7, 11) is 3.20. The lowest BCUT2D eigenvalue weighted by atomic mass is 9.85. The molecule has 5 aliphatic rings.